The number of ether oxygens (including phenoxy) is 1. The van der Waals surface area contributed by atoms with Gasteiger partial charge >= 0.3 is 0 Å². The first kappa shape index (κ1) is 21.5. The number of aryl methyl sites for hydroxylation is 2. The molecule has 0 heterocycles. The molecule has 0 saturated carbocycles. The first-order valence-electron chi connectivity index (χ1n) is 9.61. The lowest BCUT2D eigenvalue weighted by atomic mass is 10.1. The van der Waals surface area contributed by atoms with Gasteiger partial charge in [0, 0.05) is 6.54 Å². The van der Waals surface area contributed by atoms with Gasteiger partial charge in [0.1, 0.15) is 5.75 Å². The number of anilines is 1. The van der Waals surface area contributed by atoms with Gasteiger partial charge in [0.2, 0.25) is 0 Å². The van der Waals surface area contributed by atoms with E-state index in [-0.39, 0.29) is 11.8 Å². The van der Waals surface area contributed by atoms with Gasteiger partial charge in [-0.1, -0.05) is 32.0 Å². The van der Waals surface area contributed by atoms with E-state index in [0.29, 0.717) is 29.5 Å². The fourth-order valence-corrected chi connectivity index (χ4v) is 2.78. The first-order chi connectivity index (χ1) is 13.2. The minimum absolute atomic E-state index is 0.205. The molecule has 0 spiro atoms. The number of hydrogen-bond donors (Lipinski definition) is 2. The Kier molecular flexibility index (Phi) is 7.21. The summed E-state index contributed by atoms with van der Waals surface area (Å²) in [6.07, 6.45) is -0.702. The molecular weight excluding hydrogens is 352 g/mol. The van der Waals surface area contributed by atoms with Crippen molar-refractivity contribution in [3.8, 4) is 5.75 Å². The molecule has 5 nitrogen and oxygen atoms in total. The zero-order chi connectivity index (χ0) is 20.8. The Bertz CT molecular complexity index is 859. The minimum Gasteiger partial charge on any atom is -0.481 e. The first-order valence-corrected chi connectivity index (χ1v) is 9.61. The summed E-state index contributed by atoms with van der Waals surface area (Å²) in [6, 6.07) is 11.0. The third-order valence-electron chi connectivity index (χ3n) is 4.54. The van der Waals surface area contributed by atoms with E-state index in [0.717, 1.165) is 16.7 Å². The van der Waals surface area contributed by atoms with Crippen LogP contribution in [0.15, 0.2) is 36.4 Å². The average molecular weight is 383 g/mol. The summed E-state index contributed by atoms with van der Waals surface area (Å²) in [5, 5.41) is 5.70. The molecule has 1 atom stereocenters. The number of carbonyl (C=O) groups excluding carboxylic acids is 2. The van der Waals surface area contributed by atoms with Crippen LogP contribution in [0.3, 0.4) is 0 Å². The second kappa shape index (κ2) is 9.40. The molecule has 0 aliphatic carbocycles. The maximum Gasteiger partial charge on any atom is 0.265 e. The van der Waals surface area contributed by atoms with E-state index in [9.17, 15) is 9.59 Å². The Morgan fingerprint density at radius 1 is 1.04 bits per heavy atom. The second-order valence-corrected chi connectivity index (χ2v) is 7.60. The second-order valence-electron chi connectivity index (χ2n) is 7.60. The Hall–Kier alpha value is -2.82. The maximum atomic E-state index is 12.7. The largest absolute Gasteiger partial charge is 0.481 e. The van der Waals surface area contributed by atoms with Crippen molar-refractivity contribution >= 4 is 17.5 Å². The Labute approximate surface area is 167 Å². The van der Waals surface area contributed by atoms with E-state index >= 15 is 0 Å². The van der Waals surface area contributed by atoms with Gasteiger partial charge in [-0.3, -0.25) is 9.59 Å². The summed E-state index contributed by atoms with van der Waals surface area (Å²) < 4.78 is 5.91. The summed E-state index contributed by atoms with van der Waals surface area (Å²) in [5.74, 6) is 0.536. The van der Waals surface area contributed by atoms with E-state index in [4.69, 9.17) is 4.74 Å². The van der Waals surface area contributed by atoms with Gasteiger partial charge in [-0.15, -0.1) is 0 Å². The number of para-hydroxylation sites is 1. The summed E-state index contributed by atoms with van der Waals surface area (Å²) >= 11 is 0. The molecule has 2 rings (SSSR count). The lowest BCUT2D eigenvalue weighted by molar-refractivity contribution is -0.122. The van der Waals surface area contributed by atoms with E-state index in [1.54, 1.807) is 31.2 Å². The van der Waals surface area contributed by atoms with Crippen LogP contribution in [0.1, 0.15) is 47.8 Å². The molecule has 0 radical (unpaired) electrons. The topological polar surface area (TPSA) is 67.4 Å². The van der Waals surface area contributed by atoms with Gasteiger partial charge in [-0.25, -0.2) is 0 Å². The number of amides is 2. The van der Waals surface area contributed by atoms with Crippen molar-refractivity contribution in [2.45, 2.75) is 47.6 Å². The molecule has 28 heavy (non-hydrogen) atoms. The highest BCUT2D eigenvalue weighted by Gasteiger charge is 2.19. The van der Waals surface area contributed by atoms with Crippen LogP contribution in [0.25, 0.3) is 0 Å². The molecule has 0 bridgehead atoms. The molecule has 2 aromatic rings. The number of carbonyl (C=O) groups is 2. The van der Waals surface area contributed by atoms with Gasteiger partial charge in [0.15, 0.2) is 6.10 Å². The standard InChI is InChI=1S/C23H30N2O3/c1-14(2)13-24-23(27)19-9-7-8-10-20(19)25-22(26)18(6)28-21-12-15(3)11-16(4)17(21)5/h7-12,14,18H,13H2,1-6H3,(H,24,27)(H,25,26)/t18-/m1/s1. The molecule has 2 amide bonds. The van der Waals surface area contributed by atoms with Gasteiger partial charge in [-0.05, 0) is 68.5 Å². The van der Waals surface area contributed by atoms with Crippen molar-refractivity contribution < 1.29 is 14.3 Å². The highest BCUT2D eigenvalue weighted by atomic mass is 16.5. The number of rotatable bonds is 7. The van der Waals surface area contributed by atoms with Crippen molar-refractivity contribution in [3.05, 3.63) is 58.7 Å². The van der Waals surface area contributed by atoms with Crippen LogP contribution in [0.2, 0.25) is 0 Å². The highest BCUT2D eigenvalue weighted by molar-refractivity contribution is 6.04. The fraction of sp³-hybridized carbons (Fsp3) is 0.391. The summed E-state index contributed by atoms with van der Waals surface area (Å²) in [5.41, 5.74) is 4.12. The molecule has 5 heteroatoms. The summed E-state index contributed by atoms with van der Waals surface area (Å²) in [4.78, 5) is 25.1. The summed E-state index contributed by atoms with van der Waals surface area (Å²) in [6.45, 7) is 12.3. The highest BCUT2D eigenvalue weighted by Crippen LogP contribution is 2.25. The molecule has 2 aromatic carbocycles. The van der Waals surface area contributed by atoms with Crippen LogP contribution < -0.4 is 15.4 Å². The molecule has 0 saturated heterocycles. The monoisotopic (exact) mass is 382 g/mol. The van der Waals surface area contributed by atoms with Crippen molar-refractivity contribution in [1.82, 2.24) is 5.32 Å². The molecule has 0 aromatic heterocycles. The Morgan fingerprint density at radius 2 is 1.71 bits per heavy atom. The Morgan fingerprint density at radius 3 is 2.39 bits per heavy atom. The van der Waals surface area contributed by atoms with Crippen LogP contribution in [-0.4, -0.2) is 24.5 Å². The molecule has 0 unspecified atom stereocenters. The lowest BCUT2D eigenvalue weighted by Gasteiger charge is -2.19. The molecule has 0 aliphatic heterocycles. The van der Waals surface area contributed by atoms with Crippen molar-refractivity contribution in [2.75, 3.05) is 11.9 Å². The van der Waals surface area contributed by atoms with E-state index in [1.807, 2.05) is 40.7 Å². The van der Waals surface area contributed by atoms with Crippen molar-refractivity contribution in [2.24, 2.45) is 5.92 Å². The maximum absolute atomic E-state index is 12.7. The van der Waals surface area contributed by atoms with Crippen molar-refractivity contribution in [3.63, 3.8) is 0 Å². The third-order valence-corrected chi connectivity index (χ3v) is 4.54. The van der Waals surface area contributed by atoms with Gasteiger partial charge in [-0.2, -0.15) is 0 Å². The van der Waals surface area contributed by atoms with Crippen LogP contribution in [-0.2, 0) is 4.79 Å². The van der Waals surface area contributed by atoms with Gasteiger partial charge in [0.05, 0.1) is 11.3 Å². The fourth-order valence-electron chi connectivity index (χ4n) is 2.78. The smallest absolute Gasteiger partial charge is 0.265 e. The van der Waals surface area contributed by atoms with E-state index < -0.39 is 6.10 Å². The third kappa shape index (κ3) is 5.59. The zero-order valence-corrected chi connectivity index (χ0v) is 17.6. The zero-order valence-electron chi connectivity index (χ0n) is 17.6. The van der Waals surface area contributed by atoms with Gasteiger partial charge in [0.25, 0.3) is 11.8 Å². The predicted octanol–water partition coefficient (Wildman–Crippen LogP) is 4.40. The quantitative estimate of drug-likeness (QED) is 0.746. The van der Waals surface area contributed by atoms with E-state index in [1.165, 1.54) is 0 Å². The van der Waals surface area contributed by atoms with Crippen LogP contribution in [0.5, 0.6) is 5.75 Å². The predicted molar refractivity (Wildman–Crippen MR) is 113 cm³/mol. The van der Waals surface area contributed by atoms with E-state index in [2.05, 4.69) is 16.7 Å². The van der Waals surface area contributed by atoms with Crippen LogP contribution in [0, 0.1) is 26.7 Å². The number of nitrogens with one attached hydrogen (secondary N) is 2. The molecular formula is C23H30N2O3. The Balaban J connectivity index is 2.11. The minimum atomic E-state index is -0.702. The van der Waals surface area contributed by atoms with Gasteiger partial charge < -0.3 is 15.4 Å². The van der Waals surface area contributed by atoms with Crippen LogP contribution >= 0.6 is 0 Å². The normalized spacial score (nSPS) is 11.8. The SMILES string of the molecule is Cc1cc(C)c(C)c(O[C@H](C)C(=O)Nc2ccccc2C(=O)NCC(C)C)c1. The number of benzene rings is 2. The lowest BCUT2D eigenvalue weighted by Crippen LogP contribution is -2.32. The summed E-state index contributed by atoms with van der Waals surface area (Å²) in [7, 11) is 0. The number of hydrogen-bond acceptors (Lipinski definition) is 3. The van der Waals surface area contributed by atoms with Crippen LogP contribution in [0.4, 0.5) is 5.69 Å². The average Bonchev–Trinajstić information content (AvgIpc) is 2.64. The molecule has 0 aliphatic rings. The van der Waals surface area contributed by atoms with Crippen molar-refractivity contribution in [1.29, 1.82) is 0 Å². The molecule has 150 valence electrons. The molecule has 2 N–H and O–H groups in total. The molecule has 0 fully saturated rings.